The molecule has 1 fully saturated rings. The van der Waals surface area contributed by atoms with Crippen molar-refractivity contribution in [2.45, 2.75) is 37.5 Å². The highest BCUT2D eigenvalue weighted by Crippen LogP contribution is 2.31. The normalized spacial score (nSPS) is 21.8. The van der Waals surface area contributed by atoms with Gasteiger partial charge in [-0.2, -0.15) is 11.8 Å². The molecule has 2 rings (SSSR count). The summed E-state index contributed by atoms with van der Waals surface area (Å²) in [7, 11) is 3.50. The number of hydrogen-bond acceptors (Lipinski definition) is 4. The molecule has 1 heterocycles. The third-order valence-corrected chi connectivity index (χ3v) is 4.91. The first-order chi connectivity index (χ1) is 9.61. The van der Waals surface area contributed by atoms with Crippen LogP contribution in [0.15, 0.2) is 18.3 Å². The third-order valence-electron chi connectivity index (χ3n) is 3.58. The Hall–Kier alpha value is -1.23. The van der Waals surface area contributed by atoms with Gasteiger partial charge in [0.1, 0.15) is 5.82 Å². The Morgan fingerprint density at radius 2 is 2.25 bits per heavy atom. The predicted octanol–water partition coefficient (Wildman–Crippen LogP) is 2.87. The van der Waals surface area contributed by atoms with E-state index in [1.165, 1.54) is 19.3 Å². The Balaban J connectivity index is 1.98. The van der Waals surface area contributed by atoms with Crippen molar-refractivity contribution in [3.05, 3.63) is 23.9 Å². The molecule has 0 spiro atoms. The number of hydrogen-bond donors (Lipinski definition) is 1. The average Bonchev–Trinajstić information content (AvgIpc) is 2.86. The summed E-state index contributed by atoms with van der Waals surface area (Å²) in [4.78, 5) is 17.7. The molecule has 0 aromatic carbocycles. The van der Waals surface area contributed by atoms with E-state index < -0.39 is 0 Å². The Bertz CT molecular complexity index is 447. The molecule has 1 amide bonds. The molecule has 1 saturated carbocycles. The average molecular weight is 293 g/mol. The third kappa shape index (κ3) is 3.66. The number of thioether (sulfide) groups is 1. The highest BCUT2D eigenvalue weighted by molar-refractivity contribution is 7.99. The van der Waals surface area contributed by atoms with Crippen LogP contribution >= 0.6 is 11.8 Å². The lowest BCUT2D eigenvalue weighted by Crippen LogP contribution is -2.27. The zero-order valence-electron chi connectivity index (χ0n) is 12.4. The molecule has 2 atom stereocenters. The minimum Gasteiger partial charge on any atom is -0.366 e. The van der Waals surface area contributed by atoms with Crippen molar-refractivity contribution in [2.75, 3.05) is 25.2 Å². The second kappa shape index (κ2) is 6.97. The van der Waals surface area contributed by atoms with Crippen molar-refractivity contribution in [1.29, 1.82) is 0 Å². The first-order valence-electron chi connectivity index (χ1n) is 7.17. The maximum atomic E-state index is 11.8. The monoisotopic (exact) mass is 293 g/mol. The highest BCUT2D eigenvalue weighted by Gasteiger charge is 2.27. The standard InChI is InChI=1S/C15H23N3OS/c1-4-20-13-7-5-6-12(13)17-14-9-8-11(10-16-14)15(19)18(2)3/h8-10,12-13H,4-7H2,1-3H3,(H,16,17). The van der Waals surface area contributed by atoms with Crippen molar-refractivity contribution < 1.29 is 4.79 Å². The van der Waals surface area contributed by atoms with E-state index in [2.05, 4.69) is 17.2 Å². The van der Waals surface area contributed by atoms with Crippen molar-refractivity contribution in [1.82, 2.24) is 9.88 Å². The van der Waals surface area contributed by atoms with Gasteiger partial charge in [0.05, 0.1) is 5.56 Å². The summed E-state index contributed by atoms with van der Waals surface area (Å²) in [5, 5.41) is 4.20. The molecule has 0 saturated heterocycles. The molecule has 0 bridgehead atoms. The summed E-state index contributed by atoms with van der Waals surface area (Å²) in [6.07, 6.45) is 5.43. The van der Waals surface area contributed by atoms with Crippen LogP contribution < -0.4 is 5.32 Å². The Labute approximate surface area is 125 Å². The van der Waals surface area contributed by atoms with Crippen LogP contribution in [-0.2, 0) is 0 Å². The second-order valence-corrected chi connectivity index (χ2v) is 6.82. The van der Waals surface area contributed by atoms with Gasteiger partial charge in [-0.25, -0.2) is 4.98 Å². The summed E-state index contributed by atoms with van der Waals surface area (Å²) in [6, 6.07) is 4.25. The first-order valence-corrected chi connectivity index (χ1v) is 8.22. The number of carbonyl (C=O) groups excluding carboxylic acids is 1. The largest absolute Gasteiger partial charge is 0.366 e. The van der Waals surface area contributed by atoms with Gasteiger partial charge < -0.3 is 10.2 Å². The van der Waals surface area contributed by atoms with E-state index in [4.69, 9.17) is 0 Å². The zero-order valence-corrected chi connectivity index (χ0v) is 13.2. The molecule has 1 aliphatic carbocycles. The Morgan fingerprint density at radius 1 is 1.45 bits per heavy atom. The smallest absolute Gasteiger partial charge is 0.254 e. The van der Waals surface area contributed by atoms with E-state index in [1.54, 1.807) is 25.2 Å². The lowest BCUT2D eigenvalue weighted by molar-refractivity contribution is 0.0827. The van der Waals surface area contributed by atoms with Crippen LogP contribution in [0.4, 0.5) is 5.82 Å². The van der Waals surface area contributed by atoms with Crippen LogP contribution in [-0.4, -0.2) is 46.9 Å². The lowest BCUT2D eigenvalue weighted by Gasteiger charge is -2.20. The van der Waals surface area contributed by atoms with Gasteiger partial charge in [-0.3, -0.25) is 4.79 Å². The first kappa shape index (κ1) is 15.2. The molecule has 2 unspecified atom stereocenters. The minimum atomic E-state index is -0.00988. The van der Waals surface area contributed by atoms with E-state index in [1.807, 2.05) is 23.9 Å². The lowest BCUT2D eigenvalue weighted by atomic mass is 10.2. The summed E-state index contributed by atoms with van der Waals surface area (Å²) >= 11 is 2.03. The van der Waals surface area contributed by atoms with Crippen molar-refractivity contribution in [3.8, 4) is 0 Å². The van der Waals surface area contributed by atoms with Crippen LogP contribution in [0.2, 0.25) is 0 Å². The second-order valence-electron chi connectivity index (χ2n) is 5.31. The van der Waals surface area contributed by atoms with Gasteiger partial charge >= 0.3 is 0 Å². The molecular weight excluding hydrogens is 270 g/mol. The number of amides is 1. The maximum Gasteiger partial charge on any atom is 0.254 e. The minimum absolute atomic E-state index is 0.00988. The highest BCUT2D eigenvalue weighted by atomic mass is 32.2. The van der Waals surface area contributed by atoms with E-state index in [-0.39, 0.29) is 5.91 Å². The predicted molar refractivity (Wildman–Crippen MR) is 85.4 cm³/mol. The van der Waals surface area contributed by atoms with Gasteiger partial charge in [-0.1, -0.05) is 13.3 Å². The van der Waals surface area contributed by atoms with Gasteiger partial charge in [-0.15, -0.1) is 0 Å². The molecule has 4 nitrogen and oxygen atoms in total. The van der Waals surface area contributed by atoms with Crippen molar-refractivity contribution in [3.63, 3.8) is 0 Å². The summed E-state index contributed by atoms with van der Waals surface area (Å²) in [5.74, 6) is 2.02. The summed E-state index contributed by atoms with van der Waals surface area (Å²) < 4.78 is 0. The fourth-order valence-corrected chi connectivity index (χ4v) is 3.76. The van der Waals surface area contributed by atoms with E-state index in [0.29, 0.717) is 16.9 Å². The van der Waals surface area contributed by atoms with Crippen LogP contribution in [0.25, 0.3) is 0 Å². The fourth-order valence-electron chi connectivity index (χ4n) is 2.56. The number of anilines is 1. The van der Waals surface area contributed by atoms with Crippen molar-refractivity contribution >= 4 is 23.5 Å². The van der Waals surface area contributed by atoms with Gasteiger partial charge in [0.15, 0.2) is 0 Å². The molecule has 1 aromatic heterocycles. The number of nitrogens with one attached hydrogen (secondary N) is 1. The zero-order chi connectivity index (χ0) is 14.5. The summed E-state index contributed by atoms with van der Waals surface area (Å²) in [5.41, 5.74) is 0.631. The number of aromatic nitrogens is 1. The molecule has 1 aliphatic rings. The van der Waals surface area contributed by atoms with Crippen LogP contribution in [0.1, 0.15) is 36.5 Å². The molecule has 20 heavy (non-hydrogen) atoms. The molecule has 1 N–H and O–H groups in total. The number of pyridine rings is 1. The Morgan fingerprint density at radius 3 is 2.85 bits per heavy atom. The van der Waals surface area contributed by atoms with E-state index in [9.17, 15) is 4.79 Å². The van der Waals surface area contributed by atoms with Crippen LogP contribution in [0.3, 0.4) is 0 Å². The van der Waals surface area contributed by atoms with Gasteiger partial charge in [0.2, 0.25) is 0 Å². The SMILES string of the molecule is CCSC1CCCC1Nc1ccc(C(=O)N(C)C)cn1. The summed E-state index contributed by atoms with van der Waals surface area (Å²) in [6.45, 7) is 2.21. The van der Waals surface area contributed by atoms with Gasteiger partial charge in [-0.05, 0) is 30.7 Å². The van der Waals surface area contributed by atoms with E-state index in [0.717, 1.165) is 11.6 Å². The van der Waals surface area contributed by atoms with E-state index >= 15 is 0 Å². The van der Waals surface area contributed by atoms with Crippen molar-refractivity contribution in [2.24, 2.45) is 0 Å². The Kier molecular flexibility index (Phi) is 5.29. The molecule has 1 aromatic rings. The fraction of sp³-hybridized carbons (Fsp3) is 0.600. The van der Waals surface area contributed by atoms with Gasteiger partial charge in [0, 0.05) is 31.6 Å². The number of rotatable bonds is 5. The molecule has 110 valence electrons. The molecule has 5 heteroatoms. The van der Waals surface area contributed by atoms with Crippen LogP contribution in [0.5, 0.6) is 0 Å². The molecular formula is C15H23N3OS. The number of nitrogens with zero attached hydrogens (tertiary/aromatic N) is 2. The molecule has 0 radical (unpaired) electrons. The molecule has 0 aliphatic heterocycles. The topological polar surface area (TPSA) is 45.2 Å². The number of carbonyl (C=O) groups is 1. The van der Waals surface area contributed by atoms with Gasteiger partial charge in [0.25, 0.3) is 5.91 Å². The quantitative estimate of drug-likeness (QED) is 0.906. The maximum absolute atomic E-state index is 11.8. The van der Waals surface area contributed by atoms with Crippen LogP contribution in [0, 0.1) is 0 Å².